The van der Waals surface area contributed by atoms with Gasteiger partial charge in [-0.1, -0.05) is 0 Å². The molecule has 0 spiro atoms. The molecule has 0 saturated carbocycles. The minimum atomic E-state index is -3.24. The maximum absolute atomic E-state index is 11.5. The van der Waals surface area contributed by atoms with Gasteiger partial charge in [0, 0.05) is 11.5 Å². The molecule has 0 unspecified atom stereocenters. The van der Waals surface area contributed by atoms with Crippen LogP contribution in [0, 0.1) is 0 Å². The molecule has 1 aromatic rings. The largest absolute Gasteiger partial charge is 0.496 e. The van der Waals surface area contributed by atoms with Gasteiger partial charge in [0.15, 0.2) is 0 Å². The lowest BCUT2D eigenvalue weighted by Gasteiger charge is -2.05. The minimum Gasteiger partial charge on any atom is -0.496 e. The van der Waals surface area contributed by atoms with Gasteiger partial charge in [0.2, 0.25) is 9.84 Å². The highest BCUT2D eigenvalue weighted by atomic mass is 79.9. The summed E-state index contributed by atoms with van der Waals surface area (Å²) in [5.74, 6) is 0.524. The fourth-order valence-electron chi connectivity index (χ4n) is 1.32. The molecular weight excluding hydrogens is 268 g/mol. The van der Waals surface area contributed by atoms with Crippen molar-refractivity contribution in [1.29, 1.82) is 0 Å². The van der Waals surface area contributed by atoms with E-state index in [0.29, 0.717) is 16.2 Å². The smallest absolute Gasteiger partial charge is 0.200 e. The Bertz CT molecular complexity index is 517. The van der Waals surface area contributed by atoms with Crippen LogP contribution in [0.4, 0.5) is 0 Å². The molecule has 0 aromatic heterocycles. The van der Waals surface area contributed by atoms with Gasteiger partial charge in [0.05, 0.1) is 16.5 Å². The average Bonchev–Trinajstić information content (AvgIpc) is 2.41. The molecule has 5 heteroatoms. The molecule has 0 bridgehead atoms. The van der Waals surface area contributed by atoms with Gasteiger partial charge in [0.25, 0.3) is 0 Å². The highest BCUT2D eigenvalue weighted by Gasteiger charge is 2.22. The first-order chi connectivity index (χ1) is 6.54. The van der Waals surface area contributed by atoms with E-state index >= 15 is 0 Å². The van der Waals surface area contributed by atoms with Crippen LogP contribution >= 0.6 is 15.9 Å². The fourth-order valence-corrected chi connectivity index (χ4v) is 3.04. The number of benzene rings is 1. The molecule has 0 amide bonds. The first-order valence-corrected chi connectivity index (χ1v) is 6.19. The molecule has 0 saturated heterocycles. The fraction of sp³-hybridized carbons (Fsp3) is 0.111. The van der Waals surface area contributed by atoms with Gasteiger partial charge in [-0.2, -0.15) is 0 Å². The lowest BCUT2D eigenvalue weighted by Crippen LogP contribution is -1.95. The summed E-state index contributed by atoms with van der Waals surface area (Å²) in [7, 11) is -1.73. The summed E-state index contributed by atoms with van der Waals surface area (Å²) in [6.45, 7) is 0. The number of methoxy groups -OCH3 is 1. The third-order valence-electron chi connectivity index (χ3n) is 2.02. The Morgan fingerprint density at radius 2 is 2.07 bits per heavy atom. The Hall–Kier alpha value is -0.810. The highest BCUT2D eigenvalue weighted by Crippen LogP contribution is 2.35. The van der Waals surface area contributed by atoms with Crippen LogP contribution in [0.15, 0.2) is 26.9 Å². The molecule has 2 rings (SSSR count). The molecular formula is C9H7BrO3S. The van der Waals surface area contributed by atoms with Crippen molar-refractivity contribution >= 4 is 31.8 Å². The summed E-state index contributed by atoms with van der Waals surface area (Å²) in [6.07, 6.45) is 1.58. The van der Waals surface area contributed by atoms with E-state index in [4.69, 9.17) is 4.74 Å². The van der Waals surface area contributed by atoms with Crippen molar-refractivity contribution in [2.24, 2.45) is 0 Å². The monoisotopic (exact) mass is 274 g/mol. The van der Waals surface area contributed by atoms with Crippen molar-refractivity contribution in [3.8, 4) is 5.75 Å². The number of hydrogen-bond acceptors (Lipinski definition) is 3. The topological polar surface area (TPSA) is 43.4 Å². The first kappa shape index (κ1) is 9.73. The number of sulfone groups is 1. The van der Waals surface area contributed by atoms with Crippen molar-refractivity contribution in [2.75, 3.05) is 7.11 Å². The van der Waals surface area contributed by atoms with E-state index < -0.39 is 9.84 Å². The number of hydrogen-bond donors (Lipinski definition) is 0. The number of halogens is 1. The maximum Gasteiger partial charge on any atom is 0.200 e. The van der Waals surface area contributed by atoms with Crippen LogP contribution in [0.5, 0.6) is 5.75 Å². The summed E-state index contributed by atoms with van der Waals surface area (Å²) in [5, 5.41) is 1.20. The van der Waals surface area contributed by atoms with Gasteiger partial charge in [-0.3, -0.25) is 0 Å². The summed E-state index contributed by atoms with van der Waals surface area (Å²) in [6, 6.07) is 3.25. The van der Waals surface area contributed by atoms with E-state index in [1.165, 1.54) is 18.6 Å². The second-order valence-electron chi connectivity index (χ2n) is 2.87. The first-order valence-electron chi connectivity index (χ1n) is 3.85. The van der Waals surface area contributed by atoms with E-state index in [2.05, 4.69) is 15.9 Å². The number of fused-ring (bicyclic) bond motifs is 1. The predicted molar refractivity (Wildman–Crippen MR) is 56.9 cm³/mol. The molecule has 1 aliphatic rings. The van der Waals surface area contributed by atoms with Gasteiger partial charge in [-0.25, -0.2) is 8.42 Å². The van der Waals surface area contributed by atoms with Crippen LogP contribution in [0.25, 0.3) is 6.08 Å². The van der Waals surface area contributed by atoms with Crippen LogP contribution in [-0.4, -0.2) is 15.5 Å². The average molecular weight is 275 g/mol. The van der Waals surface area contributed by atoms with Crippen LogP contribution in [-0.2, 0) is 9.84 Å². The molecule has 3 nitrogen and oxygen atoms in total. The molecule has 0 aliphatic carbocycles. The van der Waals surface area contributed by atoms with Crippen LogP contribution < -0.4 is 4.74 Å². The third-order valence-corrected chi connectivity index (χ3v) is 4.10. The van der Waals surface area contributed by atoms with Crippen LogP contribution in [0.1, 0.15) is 5.56 Å². The van der Waals surface area contributed by atoms with Crippen molar-refractivity contribution in [3.05, 3.63) is 27.6 Å². The SMILES string of the molecule is COc1cc2c(cc1Br)C=CS2(=O)=O. The Labute approximate surface area is 90.4 Å². The zero-order chi connectivity index (χ0) is 10.3. The van der Waals surface area contributed by atoms with E-state index in [1.807, 2.05) is 0 Å². The summed E-state index contributed by atoms with van der Waals surface area (Å²) >= 11 is 3.29. The second-order valence-corrected chi connectivity index (χ2v) is 5.53. The normalized spacial score (nSPS) is 16.7. The molecule has 14 heavy (non-hydrogen) atoms. The standard InChI is InChI=1S/C9H7BrO3S/c1-13-8-5-9-6(4-7(8)10)2-3-14(9,11)12/h2-5H,1H3. The van der Waals surface area contributed by atoms with E-state index in [1.54, 1.807) is 12.1 Å². The number of ether oxygens (including phenoxy) is 1. The van der Waals surface area contributed by atoms with E-state index in [0.717, 1.165) is 4.47 Å². The Morgan fingerprint density at radius 1 is 1.36 bits per heavy atom. The van der Waals surface area contributed by atoms with Crippen molar-refractivity contribution in [1.82, 2.24) is 0 Å². The van der Waals surface area contributed by atoms with Gasteiger partial charge < -0.3 is 4.74 Å². The molecule has 74 valence electrons. The van der Waals surface area contributed by atoms with Gasteiger partial charge in [-0.05, 0) is 33.6 Å². The zero-order valence-corrected chi connectivity index (χ0v) is 9.72. The molecule has 1 aliphatic heterocycles. The maximum atomic E-state index is 11.5. The molecule has 0 fully saturated rings. The Balaban J connectivity index is 2.73. The van der Waals surface area contributed by atoms with Gasteiger partial charge in [0.1, 0.15) is 5.75 Å². The second kappa shape index (κ2) is 3.10. The quantitative estimate of drug-likeness (QED) is 0.789. The highest BCUT2D eigenvalue weighted by molar-refractivity contribution is 9.10. The van der Waals surface area contributed by atoms with E-state index in [-0.39, 0.29) is 0 Å². The molecule has 1 heterocycles. The number of rotatable bonds is 1. The minimum absolute atomic E-state index is 0.303. The zero-order valence-electron chi connectivity index (χ0n) is 7.32. The molecule has 0 radical (unpaired) electrons. The van der Waals surface area contributed by atoms with Gasteiger partial charge >= 0.3 is 0 Å². The summed E-state index contributed by atoms with van der Waals surface area (Å²) in [4.78, 5) is 0.303. The van der Waals surface area contributed by atoms with Crippen LogP contribution in [0.3, 0.4) is 0 Å². The summed E-state index contributed by atoms with van der Waals surface area (Å²) in [5.41, 5.74) is 0.692. The Morgan fingerprint density at radius 3 is 2.71 bits per heavy atom. The predicted octanol–water partition coefficient (Wildman–Crippen LogP) is 2.22. The summed E-state index contributed by atoms with van der Waals surface area (Å²) < 4.78 is 28.7. The third kappa shape index (κ3) is 1.36. The van der Waals surface area contributed by atoms with E-state index in [9.17, 15) is 8.42 Å². The van der Waals surface area contributed by atoms with Crippen molar-refractivity contribution in [3.63, 3.8) is 0 Å². The lowest BCUT2D eigenvalue weighted by atomic mass is 10.2. The van der Waals surface area contributed by atoms with Gasteiger partial charge in [-0.15, -0.1) is 0 Å². The van der Waals surface area contributed by atoms with Crippen molar-refractivity contribution in [2.45, 2.75) is 4.90 Å². The molecule has 1 aromatic carbocycles. The van der Waals surface area contributed by atoms with Crippen molar-refractivity contribution < 1.29 is 13.2 Å². The Kier molecular flexibility index (Phi) is 2.16. The van der Waals surface area contributed by atoms with Crippen LogP contribution in [0.2, 0.25) is 0 Å². The molecule has 0 atom stereocenters. The molecule has 0 N–H and O–H groups in total. The lowest BCUT2D eigenvalue weighted by molar-refractivity contribution is 0.410.